The van der Waals surface area contributed by atoms with Gasteiger partial charge in [-0.2, -0.15) is 0 Å². The van der Waals surface area contributed by atoms with Crippen molar-refractivity contribution in [1.29, 1.82) is 0 Å². The number of carbonyl (C=O) groups is 3. The lowest BCUT2D eigenvalue weighted by Gasteiger charge is -2.26. The number of nitrogens with one attached hydrogen (secondary N) is 1. The maximum Gasteiger partial charge on any atom is 0.248 e. The topological polar surface area (TPSA) is 92.5 Å². The van der Waals surface area contributed by atoms with Crippen LogP contribution in [-0.2, 0) is 9.59 Å². The van der Waals surface area contributed by atoms with E-state index >= 15 is 0 Å². The summed E-state index contributed by atoms with van der Waals surface area (Å²) in [4.78, 5) is 37.4. The molecule has 0 bridgehead atoms. The van der Waals surface area contributed by atoms with Crippen molar-refractivity contribution in [3.63, 3.8) is 0 Å². The van der Waals surface area contributed by atoms with Gasteiger partial charge in [-0.05, 0) is 49.9 Å². The third-order valence-electron chi connectivity index (χ3n) is 4.98. The second-order valence-corrected chi connectivity index (χ2v) is 6.92. The van der Waals surface area contributed by atoms with Crippen molar-refractivity contribution >= 4 is 23.4 Å². The molecule has 6 heteroatoms. The molecule has 1 saturated carbocycles. The van der Waals surface area contributed by atoms with Crippen molar-refractivity contribution in [3.05, 3.63) is 29.8 Å². The van der Waals surface area contributed by atoms with Crippen molar-refractivity contribution in [3.8, 4) is 0 Å². The number of benzene rings is 1. The minimum atomic E-state index is -0.502. The van der Waals surface area contributed by atoms with Crippen molar-refractivity contribution in [2.45, 2.75) is 51.9 Å². The van der Waals surface area contributed by atoms with Crippen molar-refractivity contribution in [2.75, 3.05) is 18.4 Å². The molecule has 3 N–H and O–H groups in total. The van der Waals surface area contributed by atoms with Gasteiger partial charge >= 0.3 is 0 Å². The van der Waals surface area contributed by atoms with E-state index in [-0.39, 0.29) is 18.2 Å². The molecule has 0 heterocycles. The van der Waals surface area contributed by atoms with E-state index in [1.165, 1.54) is 19.3 Å². The molecule has 142 valence electrons. The second kappa shape index (κ2) is 9.94. The first-order valence-corrected chi connectivity index (χ1v) is 9.47. The fraction of sp³-hybridized carbons (Fsp3) is 0.550. The molecule has 26 heavy (non-hydrogen) atoms. The van der Waals surface area contributed by atoms with Crippen LogP contribution in [0.2, 0.25) is 0 Å². The summed E-state index contributed by atoms with van der Waals surface area (Å²) in [6.07, 6.45) is 6.87. The number of amides is 3. The first-order chi connectivity index (χ1) is 12.5. The number of nitrogens with two attached hydrogens (primary N) is 1. The third-order valence-corrected chi connectivity index (χ3v) is 4.98. The third kappa shape index (κ3) is 6.17. The quantitative estimate of drug-likeness (QED) is 0.747. The average molecular weight is 359 g/mol. The van der Waals surface area contributed by atoms with E-state index in [9.17, 15) is 14.4 Å². The Balaban J connectivity index is 1.78. The van der Waals surface area contributed by atoms with Crippen LogP contribution in [0.1, 0.15) is 62.2 Å². The number of hydrogen-bond acceptors (Lipinski definition) is 3. The van der Waals surface area contributed by atoms with E-state index < -0.39 is 5.91 Å². The first kappa shape index (κ1) is 19.9. The fourth-order valence-electron chi connectivity index (χ4n) is 3.40. The summed E-state index contributed by atoms with van der Waals surface area (Å²) in [7, 11) is 0. The monoisotopic (exact) mass is 359 g/mol. The van der Waals surface area contributed by atoms with Gasteiger partial charge in [0.15, 0.2) is 0 Å². The van der Waals surface area contributed by atoms with Crippen molar-refractivity contribution in [1.82, 2.24) is 4.90 Å². The molecule has 0 saturated heterocycles. The molecule has 0 aromatic heterocycles. The zero-order valence-electron chi connectivity index (χ0n) is 15.5. The zero-order valence-corrected chi connectivity index (χ0v) is 15.5. The Labute approximate surface area is 155 Å². The number of primary amides is 1. The van der Waals surface area contributed by atoms with Crippen LogP contribution in [0.4, 0.5) is 5.69 Å². The molecule has 1 aromatic carbocycles. The number of rotatable bonds is 8. The van der Waals surface area contributed by atoms with E-state index in [0.717, 1.165) is 12.8 Å². The Morgan fingerprint density at radius 1 is 1.12 bits per heavy atom. The lowest BCUT2D eigenvalue weighted by molar-refractivity contribution is -0.132. The summed E-state index contributed by atoms with van der Waals surface area (Å²) in [6, 6.07) is 6.43. The second-order valence-electron chi connectivity index (χ2n) is 6.92. The smallest absolute Gasteiger partial charge is 0.248 e. The van der Waals surface area contributed by atoms with E-state index in [0.29, 0.717) is 36.7 Å². The number of nitrogens with zero attached hydrogens (tertiary/aromatic N) is 1. The maximum atomic E-state index is 12.5. The van der Waals surface area contributed by atoms with Gasteiger partial charge in [0.1, 0.15) is 0 Å². The standard InChI is InChI=1S/C20H29N3O3/c1-2-23(19(25)14-15-6-4-3-5-7-15)13-12-18(24)22-17-10-8-16(9-11-17)20(21)26/h8-11,15H,2-7,12-14H2,1H3,(H2,21,26)(H,22,24). The first-order valence-electron chi connectivity index (χ1n) is 9.47. The fourth-order valence-corrected chi connectivity index (χ4v) is 3.40. The molecule has 1 aliphatic rings. The number of hydrogen-bond donors (Lipinski definition) is 2. The Morgan fingerprint density at radius 3 is 2.35 bits per heavy atom. The molecule has 2 rings (SSSR count). The van der Waals surface area contributed by atoms with Gasteiger partial charge in [0.25, 0.3) is 0 Å². The van der Waals surface area contributed by atoms with Crippen LogP contribution in [0.15, 0.2) is 24.3 Å². The predicted molar refractivity (Wildman–Crippen MR) is 102 cm³/mol. The average Bonchev–Trinajstić information content (AvgIpc) is 2.63. The Kier molecular flexibility index (Phi) is 7.63. The van der Waals surface area contributed by atoms with Crippen molar-refractivity contribution in [2.24, 2.45) is 11.7 Å². The molecule has 1 aliphatic carbocycles. The van der Waals surface area contributed by atoms with Gasteiger partial charge in [-0.15, -0.1) is 0 Å². The summed E-state index contributed by atoms with van der Waals surface area (Å²) in [5, 5.41) is 2.78. The highest BCUT2D eigenvalue weighted by atomic mass is 16.2. The highest BCUT2D eigenvalue weighted by molar-refractivity contribution is 5.94. The molecule has 1 aromatic rings. The lowest BCUT2D eigenvalue weighted by Crippen LogP contribution is -2.35. The van der Waals surface area contributed by atoms with Gasteiger partial charge in [-0.25, -0.2) is 0 Å². The Hall–Kier alpha value is -2.37. The van der Waals surface area contributed by atoms with Gasteiger partial charge < -0.3 is 16.0 Å². The van der Waals surface area contributed by atoms with Crippen LogP contribution in [0, 0.1) is 5.92 Å². The molecule has 0 unspecified atom stereocenters. The van der Waals surface area contributed by atoms with Crippen LogP contribution in [0.5, 0.6) is 0 Å². The number of anilines is 1. The zero-order chi connectivity index (χ0) is 18.9. The van der Waals surface area contributed by atoms with Crippen LogP contribution < -0.4 is 11.1 Å². The summed E-state index contributed by atoms with van der Waals surface area (Å²) >= 11 is 0. The van der Waals surface area contributed by atoms with E-state index in [4.69, 9.17) is 5.73 Å². The van der Waals surface area contributed by atoms with Gasteiger partial charge in [0.05, 0.1) is 0 Å². The van der Waals surface area contributed by atoms with Crippen LogP contribution in [0.25, 0.3) is 0 Å². The highest BCUT2D eigenvalue weighted by Crippen LogP contribution is 2.26. The molecule has 6 nitrogen and oxygen atoms in total. The van der Waals surface area contributed by atoms with Gasteiger partial charge in [0, 0.05) is 37.2 Å². The van der Waals surface area contributed by atoms with Crippen LogP contribution in [-0.4, -0.2) is 35.7 Å². The van der Waals surface area contributed by atoms with Gasteiger partial charge in [0.2, 0.25) is 17.7 Å². The van der Waals surface area contributed by atoms with Gasteiger partial charge in [-0.3, -0.25) is 14.4 Å². The minimum absolute atomic E-state index is 0.151. The molecule has 0 radical (unpaired) electrons. The molecule has 0 spiro atoms. The number of carbonyl (C=O) groups excluding carboxylic acids is 3. The maximum absolute atomic E-state index is 12.5. The summed E-state index contributed by atoms with van der Waals surface area (Å²) in [5.74, 6) is -0.000378. The molecular weight excluding hydrogens is 330 g/mol. The van der Waals surface area contributed by atoms with Crippen molar-refractivity contribution < 1.29 is 14.4 Å². The predicted octanol–water partition coefficient (Wildman–Crippen LogP) is 2.93. The summed E-state index contributed by atoms with van der Waals surface area (Å²) in [5.41, 5.74) is 6.20. The normalized spacial score (nSPS) is 14.7. The van der Waals surface area contributed by atoms with Crippen LogP contribution in [0.3, 0.4) is 0 Å². The highest BCUT2D eigenvalue weighted by Gasteiger charge is 2.20. The minimum Gasteiger partial charge on any atom is -0.366 e. The summed E-state index contributed by atoms with van der Waals surface area (Å²) < 4.78 is 0. The SMILES string of the molecule is CCN(CCC(=O)Nc1ccc(C(N)=O)cc1)C(=O)CC1CCCCC1. The van der Waals surface area contributed by atoms with Gasteiger partial charge in [-0.1, -0.05) is 19.3 Å². The Bertz CT molecular complexity index is 622. The van der Waals surface area contributed by atoms with Crippen LogP contribution >= 0.6 is 0 Å². The molecule has 3 amide bonds. The molecule has 0 atom stereocenters. The Morgan fingerprint density at radius 2 is 1.77 bits per heavy atom. The molecular formula is C20H29N3O3. The van der Waals surface area contributed by atoms with E-state index in [2.05, 4.69) is 5.32 Å². The summed E-state index contributed by atoms with van der Waals surface area (Å²) in [6.45, 7) is 2.98. The molecule has 1 fully saturated rings. The molecule has 0 aliphatic heterocycles. The lowest BCUT2D eigenvalue weighted by atomic mass is 9.86. The van der Waals surface area contributed by atoms with E-state index in [1.807, 2.05) is 6.92 Å². The largest absolute Gasteiger partial charge is 0.366 e. The van der Waals surface area contributed by atoms with E-state index in [1.54, 1.807) is 29.2 Å².